The van der Waals surface area contributed by atoms with Crippen LogP contribution in [0, 0.1) is 0 Å². The summed E-state index contributed by atoms with van der Waals surface area (Å²) >= 11 is 7.72. The monoisotopic (exact) mass is 464 g/mol. The van der Waals surface area contributed by atoms with E-state index in [1.807, 2.05) is 45.3 Å². The highest BCUT2D eigenvalue weighted by molar-refractivity contribution is 7.15. The molecule has 152 valence electrons. The summed E-state index contributed by atoms with van der Waals surface area (Å²) in [5.41, 5.74) is 0. The van der Waals surface area contributed by atoms with E-state index < -0.39 is 0 Å². The molecule has 4 heteroatoms. The molecule has 0 aromatic carbocycles. The minimum Gasteiger partial charge on any atom is -0.140 e. The van der Waals surface area contributed by atoms with E-state index in [2.05, 4.69) is 86.7 Å². The van der Waals surface area contributed by atoms with E-state index in [-0.39, 0.29) is 0 Å². The fourth-order valence-electron chi connectivity index (χ4n) is 3.99. The first-order valence-electron chi connectivity index (χ1n) is 10.5. The van der Waals surface area contributed by atoms with Crippen LogP contribution in [0.2, 0.25) is 0 Å². The third kappa shape index (κ3) is 4.06. The third-order valence-electron chi connectivity index (χ3n) is 5.60. The minimum atomic E-state index is 0.496. The third-order valence-corrected chi connectivity index (χ3v) is 10.3. The van der Waals surface area contributed by atoms with E-state index in [1.54, 1.807) is 0 Å². The van der Waals surface area contributed by atoms with Gasteiger partial charge in [-0.05, 0) is 85.7 Å². The van der Waals surface area contributed by atoms with Crippen LogP contribution < -0.4 is 0 Å². The molecular formula is C26H24S4. The summed E-state index contributed by atoms with van der Waals surface area (Å²) in [5, 5.41) is 0. The van der Waals surface area contributed by atoms with Crippen LogP contribution in [0.5, 0.6) is 0 Å². The first kappa shape index (κ1) is 20.2. The molecule has 30 heavy (non-hydrogen) atoms. The molecule has 0 saturated heterocycles. The quantitative estimate of drug-likeness (QED) is 0.277. The number of hydrogen-bond donors (Lipinski definition) is 0. The van der Waals surface area contributed by atoms with Crippen molar-refractivity contribution in [1.82, 2.24) is 0 Å². The predicted octanol–water partition coefficient (Wildman–Crippen LogP) is 9.67. The lowest BCUT2D eigenvalue weighted by molar-refractivity contribution is 0.808. The molecule has 8 bridgehead atoms. The maximum absolute atomic E-state index is 2.32. The van der Waals surface area contributed by atoms with E-state index in [0.717, 1.165) is 12.8 Å². The molecule has 0 spiro atoms. The molecule has 0 N–H and O–H groups in total. The van der Waals surface area contributed by atoms with E-state index in [1.165, 1.54) is 39.0 Å². The summed E-state index contributed by atoms with van der Waals surface area (Å²) in [5.74, 6) is 0.991. The topological polar surface area (TPSA) is 0 Å². The summed E-state index contributed by atoms with van der Waals surface area (Å²) in [4.78, 5) is 11.2. The van der Waals surface area contributed by atoms with Gasteiger partial charge in [-0.15, -0.1) is 45.3 Å². The first-order chi connectivity index (χ1) is 14.7. The van der Waals surface area contributed by atoms with Crippen molar-refractivity contribution in [3.05, 3.63) is 87.5 Å². The van der Waals surface area contributed by atoms with Gasteiger partial charge >= 0.3 is 0 Å². The Bertz CT molecular complexity index is 1010. The predicted molar refractivity (Wildman–Crippen MR) is 139 cm³/mol. The highest BCUT2D eigenvalue weighted by atomic mass is 32.1. The Morgan fingerprint density at radius 2 is 0.733 bits per heavy atom. The Morgan fingerprint density at radius 3 is 0.967 bits per heavy atom. The molecule has 0 nitrogen and oxygen atoms in total. The molecule has 1 aliphatic rings. The van der Waals surface area contributed by atoms with Crippen molar-refractivity contribution in [3.63, 3.8) is 0 Å². The standard InChI is InChI=1S/C26H24S4/c1-3-21-23-13-9-17(27-23)5-7-19-11-15-25(29-19)22(4-2)26-16-12-20(30-26)8-6-18-10-14-24(21)28-18/h5-16,21-22H,3-4H2,1-2H3/b7-5+,8-6+. The van der Waals surface area contributed by atoms with Gasteiger partial charge in [0.25, 0.3) is 0 Å². The van der Waals surface area contributed by atoms with Crippen LogP contribution >= 0.6 is 45.3 Å². The molecular weight excluding hydrogens is 441 g/mol. The second-order valence-corrected chi connectivity index (χ2v) is 12.1. The molecule has 0 amide bonds. The number of fused-ring (bicyclic) bond motifs is 8. The maximum Gasteiger partial charge on any atom is 0.0275 e. The molecule has 0 fully saturated rings. The summed E-state index contributed by atoms with van der Waals surface area (Å²) in [7, 11) is 0. The average molecular weight is 465 g/mol. The summed E-state index contributed by atoms with van der Waals surface area (Å²) in [6, 6.07) is 18.4. The fraction of sp³-hybridized carbons (Fsp3) is 0.231. The zero-order valence-electron chi connectivity index (χ0n) is 17.1. The average Bonchev–Trinajstić information content (AvgIpc) is 3.54. The van der Waals surface area contributed by atoms with Gasteiger partial charge in [-0.2, -0.15) is 0 Å². The van der Waals surface area contributed by atoms with Crippen molar-refractivity contribution >= 4 is 69.7 Å². The van der Waals surface area contributed by atoms with Gasteiger partial charge in [0.2, 0.25) is 0 Å². The highest BCUT2D eigenvalue weighted by Gasteiger charge is 2.18. The largest absolute Gasteiger partial charge is 0.140 e. The molecule has 0 aliphatic carbocycles. The van der Waals surface area contributed by atoms with Crippen LogP contribution in [-0.4, -0.2) is 0 Å². The Balaban J connectivity index is 1.59. The van der Waals surface area contributed by atoms with Crippen LogP contribution in [0.15, 0.2) is 48.5 Å². The first-order valence-corrected chi connectivity index (χ1v) is 13.7. The van der Waals surface area contributed by atoms with Crippen molar-refractivity contribution < 1.29 is 0 Å². The van der Waals surface area contributed by atoms with Crippen molar-refractivity contribution in [1.29, 1.82) is 0 Å². The lowest BCUT2D eigenvalue weighted by atomic mass is 10.0. The molecule has 4 aromatic rings. The van der Waals surface area contributed by atoms with Gasteiger partial charge < -0.3 is 0 Å². The molecule has 5 rings (SSSR count). The Hall–Kier alpha value is -1.72. The Kier molecular flexibility index (Phi) is 5.92. The SMILES string of the molecule is CCC1c2ccc(s2)/C=C/c2ccc(s2)C(CC)c2ccc(s2)/C=C/c2ccc1s2. The van der Waals surface area contributed by atoms with Crippen molar-refractivity contribution in [2.45, 2.75) is 38.5 Å². The van der Waals surface area contributed by atoms with Gasteiger partial charge in [0, 0.05) is 50.9 Å². The van der Waals surface area contributed by atoms with Crippen molar-refractivity contribution in [3.8, 4) is 0 Å². The normalized spacial score (nSPS) is 20.5. The lowest BCUT2D eigenvalue weighted by Gasteiger charge is -2.10. The summed E-state index contributed by atoms with van der Waals surface area (Å²) < 4.78 is 0. The summed E-state index contributed by atoms with van der Waals surface area (Å²) in [6.45, 7) is 4.59. The van der Waals surface area contributed by atoms with Gasteiger partial charge in [-0.1, -0.05) is 13.8 Å². The van der Waals surface area contributed by atoms with E-state index in [9.17, 15) is 0 Å². The van der Waals surface area contributed by atoms with Gasteiger partial charge in [0.1, 0.15) is 0 Å². The number of thiophene rings is 4. The number of hydrogen-bond acceptors (Lipinski definition) is 4. The smallest absolute Gasteiger partial charge is 0.0275 e. The Labute approximate surface area is 194 Å². The molecule has 1 aliphatic heterocycles. The Morgan fingerprint density at radius 1 is 0.467 bits per heavy atom. The zero-order valence-corrected chi connectivity index (χ0v) is 20.4. The molecule has 0 unspecified atom stereocenters. The van der Waals surface area contributed by atoms with Gasteiger partial charge in [-0.3, -0.25) is 0 Å². The van der Waals surface area contributed by atoms with Crippen LogP contribution in [-0.2, 0) is 0 Å². The van der Waals surface area contributed by atoms with E-state index in [0.29, 0.717) is 11.8 Å². The van der Waals surface area contributed by atoms with Crippen LogP contribution in [0.4, 0.5) is 0 Å². The molecule has 5 heterocycles. The molecule has 0 saturated carbocycles. The molecule has 0 radical (unpaired) electrons. The van der Waals surface area contributed by atoms with Gasteiger partial charge in [0.05, 0.1) is 0 Å². The van der Waals surface area contributed by atoms with Crippen molar-refractivity contribution in [2.24, 2.45) is 0 Å². The van der Waals surface area contributed by atoms with E-state index >= 15 is 0 Å². The second-order valence-electron chi connectivity index (χ2n) is 7.55. The minimum absolute atomic E-state index is 0.496. The number of rotatable bonds is 2. The lowest BCUT2D eigenvalue weighted by Crippen LogP contribution is -1.93. The molecule has 4 aromatic heterocycles. The van der Waals surface area contributed by atoms with Crippen LogP contribution in [0.3, 0.4) is 0 Å². The van der Waals surface area contributed by atoms with Gasteiger partial charge in [-0.25, -0.2) is 0 Å². The van der Waals surface area contributed by atoms with Crippen molar-refractivity contribution in [2.75, 3.05) is 0 Å². The van der Waals surface area contributed by atoms with Crippen LogP contribution in [0.25, 0.3) is 24.3 Å². The molecule has 0 atom stereocenters. The van der Waals surface area contributed by atoms with Crippen LogP contribution in [0.1, 0.15) is 77.5 Å². The fourth-order valence-corrected chi connectivity index (χ4v) is 8.61. The summed E-state index contributed by atoms with van der Waals surface area (Å²) in [6.07, 6.45) is 11.4. The zero-order chi connectivity index (χ0) is 20.5. The maximum atomic E-state index is 2.32. The second kappa shape index (κ2) is 8.80. The van der Waals surface area contributed by atoms with E-state index in [4.69, 9.17) is 0 Å². The highest BCUT2D eigenvalue weighted by Crippen LogP contribution is 2.40. The van der Waals surface area contributed by atoms with Gasteiger partial charge in [0.15, 0.2) is 0 Å².